The summed E-state index contributed by atoms with van der Waals surface area (Å²) in [6.07, 6.45) is 0. The summed E-state index contributed by atoms with van der Waals surface area (Å²) in [5.41, 5.74) is 6.64. The van der Waals surface area contributed by atoms with Gasteiger partial charge >= 0.3 is 6.03 Å². The Morgan fingerprint density at radius 1 is 1.41 bits per heavy atom. The summed E-state index contributed by atoms with van der Waals surface area (Å²) in [5, 5.41) is 6.15. The van der Waals surface area contributed by atoms with Crippen molar-refractivity contribution in [3.8, 4) is 0 Å². The van der Waals surface area contributed by atoms with E-state index in [-0.39, 0.29) is 12.1 Å². The van der Waals surface area contributed by atoms with E-state index in [9.17, 15) is 4.79 Å². The van der Waals surface area contributed by atoms with Crippen molar-refractivity contribution in [2.45, 2.75) is 13.0 Å². The fourth-order valence-electron chi connectivity index (χ4n) is 1.34. The maximum Gasteiger partial charge on any atom is 0.314 e. The zero-order valence-electron chi connectivity index (χ0n) is 9.47. The number of hydrogen-bond acceptors (Lipinski definition) is 2. The highest BCUT2D eigenvalue weighted by Crippen LogP contribution is 2.28. The quantitative estimate of drug-likeness (QED) is 0.790. The van der Waals surface area contributed by atoms with E-state index in [1.165, 1.54) is 0 Å². The molecule has 0 aliphatic rings. The largest absolute Gasteiger partial charge is 0.338 e. The minimum absolute atomic E-state index is 0.249. The Morgan fingerprint density at radius 2 is 2.12 bits per heavy atom. The van der Waals surface area contributed by atoms with E-state index in [0.717, 1.165) is 5.56 Å². The van der Waals surface area contributed by atoms with Crippen LogP contribution in [0.15, 0.2) is 18.2 Å². The van der Waals surface area contributed by atoms with Crippen LogP contribution in [0.25, 0.3) is 0 Å². The lowest BCUT2D eigenvalue weighted by Crippen LogP contribution is -2.39. The fourth-order valence-corrected chi connectivity index (χ4v) is 1.79. The number of rotatable bonds is 4. The van der Waals surface area contributed by atoms with E-state index >= 15 is 0 Å². The standard InChI is InChI=1S/C11H15Cl2N3O/c1-2-15-11(17)16-6-9(14)7-4-3-5-8(12)10(7)13/h3-5,9H,2,6,14H2,1H3,(H2,15,16,17). The number of halogens is 2. The third-order valence-electron chi connectivity index (χ3n) is 2.20. The molecule has 1 atom stereocenters. The maximum absolute atomic E-state index is 11.2. The molecule has 0 aromatic heterocycles. The van der Waals surface area contributed by atoms with Gasteiger partial charge in [0.05, 0.1) is 10.0 Å². The van der Waals surface area contributed by atoms with Crippen LogP contribution in [0, 0.1) is 0 Å². The van der Waals surface area contributed by atoms with Gasteiger partial charge in [-0.2, -0.15) is 0 Å². The number of nitrogens with one attached hydrogen (secondary N) is 2. The molecule has 0 saturated carbocycles. The van der Waals surface area contributed by atoms with Crippen LogP contribution < -0.4 is 16.4 Å². The Bertz CT molecular complexity index is 398. The maximum atomic E-state index is 11.2. The molecule has 1 aromatic rings. The Hall–Kier alpha value is -0.970. The number of hydrogen-bond donors (Lipinski definition) is 3. The molecule has 4 N–H and O–H groups in total. The summed E-state index contributed by atoms with van der Waals surface area (Å²) >= 11 is 11.9. The number of benzene rings is 1. The van der Waals surface area contributed by atoms with Gasteiger partial charge < -0.3 is 16.4 Å². The van der Waals surface area contributed by atoms with Gasteiger partial charge in [-0.15, -0.1) is 0 Å². The van der Waals surface area contributed by atoms with Gasteiger partial charge in [0.1, 0.15) is 0 Å². The van der Waals surface area contributed by atoms with Gasteiger partial charge in [0, 0.05) is 19.1 Å². The van der Waals surface area contributed by atoms with Gasteiger partial charge in [-0.05, 0) is 18.6 Å². The Balaban J connectivity index is 2.61. The van der Waals surface area contributed by atoms with Crippen LogP contribution in [0.3, 0.4) is 0 Å². The van der Waals surface area contributed by atoms with Crippen molar-refractivity contribution < 1.29 is 4.79 Å². The number of nitrogens with two attached hydrogens (primary N) is 1. The van der Waals surface area contributed by atoms with Crippen molar-refractivity contribution >= 4 is 29.2 Å². The van der Waals surface area contributed by atoms with Crippen molar-refractivity contribution in [1.82, 2.24) is 10.6 Å². The van der Waals surface area contributed by atoms with Crippen LogP contribution in [0.2, 0.25) is 10.0 Å². The monoisotopic (exact) mass is 275 g/mol. The van der Waals surface area contributed by atoms with E-state index in [2.05, 4.69) is 10.6 Å². The second-order valence-corrected chi connectivity index (χ2v) is 4.28. The molecule has 2 amide bonds. The topological polar surface area (TPSA) is 67.2 Å². The van der Waals surface area contributed by atoms with Crippen molar-refractivity contribution in [2.24, 2.45) is 5.73 Å². The number of amides is 2. The smallest absolute Gasteiger partial charge is 0.314 e. The number of urea groups is 1. The fraction of sp³-hybridized carbons (Fsp3) is 0.364. The molecule has 1 unspecified atom stereocenters. The first-order valence-electron chi connectivity index (χ1n) is 5.27. The van der Waals surface area contributed by atoms with Gasteiger partial charge in [0.15, 0.2) is 0 Å². The lowest BCUT2D eigenvalue weighted by molar-refractivity contribution is 0.241. The minimum Gasteiger partial charge on any atom is -0.338 e. The van der Waals surface area contributed by atoms with Gasteiger partial charge in [0.2, 0.25) is 0 Å². The molecule has 4 nitrogen and oxygen atoms in total. The van der Waals surface area contributed by atoms with Gasteiger partial charge in [-0.25, -0.2) is 4.79 Å². The molecule has 0 saturated heterocycles. The Morgan fingerprint density at radius 3 is 2.76 bits per heavy atom. The number of carbonyl (C=O) groups is 1. The van der Waals surface area contributed by atoms with E-state index in [1.54, 1.807) is 18.2 Å². The molecule has 0 spiro atoms. The van der Waals surface area contributed by atoms with E-state index in [1.807, 2.05) is 6.92 Å². The summed E-state index contributed by atoms with van der Waals surface area (Å²) in [6.45, 7) is 2.71. The van der Waals surface area contributed by atoms with Crippen molar-refractivity contribution in [3.63, 3.8) is 0 Å². The molecule has 1 rings (SSSR count). The summed E-state index contributed by atoms with van der Waals surface area (Å²) in [6, 6.07) is 4.62. The molecule has 0 bridgehead atoms. The molecule has 0 heterocycles. The predicted octanol–water partition coefficient (Wildman–Crippen LogP) is 2.31. The molecular weight excluding hydrogens is 261 g/mol. The van der Waals surface area contributed by atoms with Crippen LogP contribution in [-0.2, 0) is 0 Å². The molecule has 0 aliphatic carbocycles. The lowest BCUT2D eigenvalue weighted by Gasteiger charge is -2.15. The second-order valence-electron chi connectivity index (χ2n) is 3.49. The van der Waals surface area contributed by atoms with Crippen LogP contribution in [0.5, 0.6) is 0 Å². The summed E-state index contributed by atoms with van der Waals surface area (Å²) in [4.78, 5) is 11.2. The van der Waals surface area contributed by atoms with Crippen molar-refractivity contribution in [1.29, 1.82) is 0 Å². The molecule has 0 fully saturated rings. The van der Waals surface area contributed by atoms with Gasteiger partial charge in [0.25, 0.3) is 0 Å². The molecule has 94 valence electrons. The van der Waals surface area contributed by atoms with Crippen molar-refractivity contribution in [2.75, 3.05) is 13.1 Å². The molecule has 17 heavy (non-hydrogen) atoms. The Kier molecular flexibility index (Phi) is 5.55. The first-order valence-corrected chi connectivity index (χ1v) is 6.03. The highest BCUT2D eigenvalue weighted by atomic mass is 35.5. The predicted molar refractivity (Wildman–Crippen MR) is 70.5 cm³/mol. The van der Waals surface area contributed by atoms with Crippen LogP contribution >= 0.6 is 23.2 Å². The normalized spacial score (nSPS) is 12.0. The van der Waals surface area contributed by atoms with Crippen LogP contribution in [0.1, 0.15) is 18.5 Å². The van der Waals surface area contributed by atoms with E-state index in [4.69, 9.17) is 28.9 Å². The average molecular weight is 276 g/mol. The molecule has 0 aliphatic heterocycles. The van der Waals surface area contributed by atoms with Crippen LogP contribution in [0.4, 0.5) is 4.79 Å². The second kappa shape index (κ2) is 6.69. The zero-order valence-corrected chi connectivity index (χ0v) is 11.0. The van der Waals surface area contributed by atoms with E-state index < -0.39 is 0 Å². The summed E-state index contributed by atoms with van der Waals surface area (Å²) in [7, 11) is 0. The SMILES string of the molecule is CCNC(=O)NCC(N)c1cccc(Cl)c1Cl. The summed E-state index contributed by atoms with van der Waals surface area (Å²) in [5.74, 6) is 0. The van der Waals surface area contributed by atoms with Crippen molar-refractivity contribution in [3.05, 3.63) is 33.8 Å². The molecule has 0 radical (unpaired) electrons. The third kappa shape index (κ3) is 4.07. The summed E-state index contributed by atoms with van der Waals surface area (Å²) < 4.78 is 0. The highest BCUT2D eigenvalue weighted by Gasteiger charge is 2.12. The van der Waals surface area contributed by atoms with E-state index in [0.29, 0.717) is 23.1 Å². The molecule has 6 heteroatoms. The van der Waals surface area contributed by atoms with Gasteiger partial charge in [-0.3, -0.25) is 0 Å². The lowest BCUT2D eigenvalue weighted by atomic mass is 10.1. The first-order chi connectivity index (χ1) is 8.06. The first kappa shape index (κ1) is 14.1. The van der Waals surface area contributed by atoms with Gasteiger partial charge in [-0.1, -0.05) is 35.3 Å². The van der Waals surface area contributed by atoms with Crippen LogP contribution in [-0.4, -0.2) is 19.1 Å². The number of carbonyl (C=O) groups excluding carboxylic acids is 1. The zero-order chi connectivity index (χ0) is 12.8. The third-order valence-corrected chi connectivity index (χ3v) is 3.03. The Labute approximate surface area is 110 Å². The molecular formula is C11H15Cl2N3O. The highest BCUT2D eigenvalue weighted by molar-refractivity contribution is 6.42. The molecule has 1 aromatic carbocycles. The average Bonchev–Trinajstić information content (AvgIpc) is 2.30. The minimum atomic E-state index is -0.385.